The van der Waals surface area contributed by atoms with E-state index in [1.807, 2.05) is 13.1 Å². The Morgan fingerprint density at radius 2 is 1.63 bits per heavy atom. The largest absolute Gasteiger partial charge is 0.481 e. The van der Waals surface area contributed by atoms with Gasteiger partial charge < -0.3 is 25.5 Å². The van der Waals surface area contributed by atoms with Gasteiger partial charge in [-0.15, -0.1) is 0 Å². The zero-order valence-electron chi connectivity index (χ0n) is 21.0. The molecule has 2 bridgehead atoms. The van der Waals surface area contributed by atoms with E-state index in [9.17, 15) is 23.9 Å². The third-order valence-corrected chi connectivity index (χ3v) is 7.14. The second-order valence-electron chi connectivity index (χ2n) is 9.88. The van der Waals surface area contributed by atoms with Crippen molar-refractivity contribution in [3.63, 3.8) is 0 Å². The second-order valence-corrected chi connectivity index (χ2v) is 9.88. The van der Waals surface area contributed by atoms with E-state index >= 15 is 0 Å². The fourth-order valence-electron chi connectivity index (χ4n) is 5.25. The highest BCUT2D eigenvalue weighted by atomic mass is 19.1. The summed E-state index contributed by atoms with van der Waals surface area (Å²) in [6.07, 6.45) is 5.04. The zero-order valence-corrected chi connectivity index (χ0v) is 21.0. The van der Waals surface area contributed by atoms with Crippen molar-refractivity contribution >= 4 is 24.1 Å². The lowest BCUT2D eigenvalue weighted by molar-refractivity contribution is -0.170. The summed E-state index contributed by atoms with van der Waals surface area (Å²) in [5.41, 5.74) is -0.516. The topological polar surface area (TPSA) is 173 Å². The van der Waals surface area contributed by atoms with Crippen LogP contribution >= 0.6 is 0 Å². The Hall–Kier alpha value is -3.61. The molecule has 1 aromatic heterocycles. The normalized spacial score (nSPS) is 22.8. The van der Waals surface area contributed by atoms with Crippen molar-refractivity contribution in [1.29, 1.82) is 0 Å². The molecule has 11 nitrogen and oxygen atoms in total. The van der Waals surface area contributed by atoms with Gasteiger partial charge in [0.15, 0.2) is 5.60 Å². The minimum Gasteiger partial charge on any atom is -0.481 e. The van der Waals surface area contributed by atoms with E-state index in [2.05, 4.69) is 16.6 Å². The Morgan fingerprint density at radius 3 is 2.05 bits per heavy atom. The number of aryl methyl sites for hydroxylation is 1. The van der Waals surface area contributed by atoms with Gasteiger partial charge in [-0.2, -0.15) is 5.10 Å². The van der Waals surface area contributed by atoms with Gasteiger partial charge in [-0.3, -0.25) is 14.5 Å². The van der Waals surface area contributed by atoms with Crippen LogP contribution in [0, 0.1) is 12.7 Å². The number of hydrogen-bond donors (Lipinski definition) is 5. The maximum atomic E-state index is 13.2. The van der Waals surface area contributed by atoms with Crippen LogP contribution in [0.5, 0.6) is 0 Å². The number of carbonyl (C=O) groups is 3. The van der Waals surface area contributed by atoms with Gasteiger partial charge in [0.25, 0.3) is 0 Å². The first-order valence-corrected chi connectivity index (χ1v) is 12.1. The fourth-order valence-corrected chi connectivity index (χ4v) is 5.25. The van der Waals surface area contributed by atoms with Crippen molar-refractivity contribution in [2.24, 2.45) is 0 Å². The van der Waals surface area contributed by atoms with E-state index in [0.717, 1.165) is 30.6 Å². The predicted molar refractivity (Wildman–Crippen MR) is 132 cm³/mol. The van der Waals surface area contributed by atoms with Gasteiger partial charge in [0.2, 0.25) is 0 Å². The number of nitrogens with zero attached hydrogens (tertiary/aromatic N) is 3. The van der Waals surface area contributed by atoms with Crippen molar-refractivity contribution in [1.82, 2.24) is 14.7 Å². The first-order chi connectivity index (χ1) is 17.8. The number of rotatable bonds is 9. The third-order valence-electron chi connectivity index (χ3n) is 7.14. The Balaban J connectivity index is 0.000000263. The Morgan fingerprint density at radius 1 is 1.11 bits per heavy atom. The van der Waals surface area contributed by atoms with Crippen LogP contribution in [-0.2, 0) is 26.5 Å². The van der Waals surface area contributed by atoms with Crippen LogP contribution < -0.4 is 0 Å². The number of carboxylic acid groups (broad SMARTS) is 3. The fraction of sp³-hybridized carbons (Fsp3) is 0.462. The third kappa shape index (κ3) is 6.63. The molecular formula is C26H32FN3O8. The molecule has 2 saturated heterocycles. The molecule has 12 heteroatoms. The highest BCUT2D eigenvalue weighted by molar-refractivity contribution is 5.88. The van der Waals surface area contributed by atoms with E-state index in [0.29, 0.717) is 24.9 Å². The van der Waals surface area contributed by atoms with Crippen molar-refractivity contribution in [2.45, 2.75) is 75.3 Å². The predicted octanol–water partition coefficient (Wildman–Crippen LogP) is 2.20. The molecule has 0 radical (unpaired) electrons. The van der Waals surface area contributed by atoms with E-state index in [1.165, 1.54) is 17.7 Å². The molecule has 2 unspecified atom stereocenters. The minimum absolute atomic E-state index is 0.262. The Kier molecular flexibility index (Phi) is 8.70. The number of carboxylic acids is 3. The summed E-state index contributed by atoms with van der Waals surface area (Å²) in [4.78, 5) is 33.0. The summed E-state index contributed by atoms with van der Waals surface area (Å²) in [5, 5.41) is 49.5. The highest BCUT2D eigenvalue weighted by Crippen LogP contribution is 2.46. The number of aliphatic hydroxyl groups is 2. The van der Waals surface area contributed by atoms with Crippen molar-refractivity contribution in [2.75, 3.05) is 0 Å². The van der Waals surface area contributed by atoms with Crippen LogP contribution in [0.4, 0.5) is 4.39 Å². The molecule has 4 rings (SSSR count). The molecule has 1 aromatic carbocycles. The Bertz CT molecular complexity index is 1170. The highest BCUT2D eigenvalue weighted by Gasteiger charge is 2.48. The summed E-state index contributed by atoms with van der Waals surface area (Å²) < 4.78 is 15.0. The molecule has 0 aliphatic carbocycles. The first kappa shape index (κ1) is 29.0. The standard InChI is InChI=1S/C20H24FN3O.C6H8O7/c1-3-23-12-15(14(2)22-23)13-24-18-8-9-19(24)11-20(25,10-18)16-4-6-17(21)7-5-16;7-3(8)1-6(13,5(11)12)2-4(9)10/h3-7,12,18-19,25H,1,8-11,13H2,2H3;13H,1-2H2,(H,7,8)(H,9,10)(H,11,12). The van der Waals surface area contributed by atoms with E-state index < -0.39 is 42.0 Å². The summed E-state index contributed by atoms with van der Waals surface area (Å²) >= 11 is 0. The minimum atomic E-state index is -2.74. The molecule has 2 aromatic rings. The van der Waals surface area contributed by atoms with Gasteiger partial charge in [0, 0.05) is 36.6 Å². The van der Waals surface area contributed by atoms with E-state index in [-0.39, 0.29) is 5.82 Å². The van der Waals surface area contributed by atoms with Gasteiger partial charge in [-0.05, 0) is 50.3 Å². The molecule has 3 heterocycles. The van der Waals surface area contributed by atoms with Gasteiger partial charge >= 0.3 is 17.9 Å². The molecule has 0 saturated carbocycles. The molecule has 5 N–H and O–H groups in total. The van der Waals surface area contributed by atoms with Crippen LogP contribution in [0.15, 0.2) is 37.0 Å². The summed E-state index contributed by atoms with van der Waals surface area (Å²) in [6, 6.07) is 7.02. The SMILES string of the molecule is C=Cn1cc(CN2C3CCC2CC(O)(c2ccc(F)cc2)C3)c(C)n1.O=C(O)CC(O)(CC(=O)O)C(=O)O. The van der Waals surface area contributed by atoms with Gasteiger partial charge in [0.1, 0.15) is 5.82 Å². The maximum absolute atomic E-state index is 13.2. The molecule has 206 valence electrons. The van der Waals surface area contributed by atoms with Crippen LogP contribution in [-0.4, -0.2) is 75.8 Å². The number of benzene rings is 1. The molecule has 2 aliphatic rings. The summed E-state index contributed by atoms with van der Waals surface area (Å²) in [5.74, 6) is -5.28. The van der Waals surface area contributed by atoms with Crippen LogP contribution in [0.2, 0.25) is 0 Å². The smallest absolute Gasteiger partial charge is 0.336 e. The zero-order chi connectivity index (χ0) is 28.3. The van der Waals surface area contributed by atoms with Crippen LogP contribution in [0.25, 0.3) is 6.20 Å². The molecule has 0 spiro atoms. The van der Waals surface area contributed by atoms with Crippen molar-refractivity contribution in [3.05, 3.63) is 59.7 Å². The lowest BCUT2D eigenvalue weighted by atomic mass is 9.80. The van der Waals surface area contributed by atoms with Gasteiger partial charge in [-0.1, -0.05) is 18.7 Å². The van der Waals surface area contributed by atoms with Crippen molar-refractivity contribution < 1.29 is 44.3 Å². The lowest BCUT2D eigenvalue weighted by Crippen LogP contribution is -2.49. The number of hydrogen-bond acceptors (Lipinski definition) is 7. The number of halogens is 1. The van der Waals surface area contributed by atoms with Crippen molar-refractivity contribution in [3.8, 4) is 0 Å². The molecule has 2 fully saturated rings. The lowest BCUT2D eigenvalue weighted by Gasteiger charge is -2.44. The first-order valence-electron chi connectivity index (χ1n) is 12.1. The van der Waals surface area contributed by atoms with E-state index in [1.54, 1.807) is 23.0 Å². The Labute approximate surface area is 218 Å². The monoisotopic (exact) mass is 533 g/mol. The number of aliphatic carboxylic acids is 3. The number of aromatic nitrogens is 2. The van der Waals surface area contributed by atoms with E-state index in [4.69, 9.17) is 20.4 Å². The maximum Gasteiger partial charge on any atom is 0.336 e. The molecular weight excluding hydrogens is 501 g/mol. The molecule has 38 heavy (non-hydrogen) atoms. The average molecular weight is 534 g/mol. The van der Waals surface area contributed by atoms with Crippen LogP contribution in [0.1, 0.15) is 55.3 Å². The second kappa shape index (κ2) is 11.4. The quantitative estimate of drug-likeness (QED) is 0.321. The average Bonchev–Trinajstić information content (AvgIpc) is 3.29. The van der Waals surface area contributed by atoms with Crippen LogP contribution in [0.3, 0.4) is 0 Å². The molecule has 2 atom stereocenters. The number of piperidine rings is 1. The molecule has 0 amide bonds. The van der Waals surface area contributed by atoms with Gasteiger partial charge in [-0.25, -0.2) is 13.9 Å². The molecule has 2 aliphatic heterocycles. The summed E-state index contributed by atoms with van der Waals surface area (Å²) in [7, 11) is 0. The number of fused-ring (bicyclic) bond motifs is 2. The summed E-state index contributed by atoms with van der Waals surface area (Å²) in [6.45, 7) is 6.64. The van der Waals surface area contributed by atoms with Gasteiger partial charge in [0.05, 0.1) is 24.1 Å².